The van der Waals surface area contributed by atoms with E-state index in [1.165, 1.54) is 22.6 Å². The largest absolute Gasteiger partial charge is 0.325 e. The van der Waals surface area contributed by atoms with E-state index in [9.17, 15) is 9.59 Å². The van der Waals surface area contributed by atoms with Crippen LogP contribution in [0.15, 0.2) is 23.8 Å². The number of nitrogens with zero attached hydrogens (tertiary/aromatic N) is 4. The molecular weight excluding hydrogens is 302 g/mol. The molecule has 0 aromatic carbocycles. The minimum absolute atomic E-state index is 0.113. The van der Waals surface area contributed by atoms with Crippen molar-refractivity contribution >= 4 is 23.3 Å². The summed E-state index contributed by atoms with van der Waals surface area (Å²) in [6.45, 7) is 5.79. The molecule has 3 heterocycles. The molecule has 2 aromatic rings. The molecule has 1 aliphatic heterocycles. The van der Waals surface area contributed by atoms with Gasteiger partial charge in [0.1, 0.15) is 12.2 Å². The third kappa shape index (κ3) is 2.19. The van der Waals surface area contributed by atoms with E-state index in [0.29, 0.717) is 5.82 Å². The third-order valence-corrected chi connectivity index (χ3v) is 4.82. The molecule has 8 heteroatoms. The van der Waals surface area contributed by atoms with Gasteiger partial charge in [-0.1, -0.05) is 6.07 Å². The van der Waals surface area contributed by atoms with Gasteiger partial charge in [0.05, 0.1) is 6.54 Å². The fourth-order valence-corrected chi connectivity index (χ4v) is 3.37. The van der Waals surface area contributed by atoms with E-state index in [-0.39, 0.29) is 18.5 Å². The summed E-state index contributed by atoms with van der Waals surface area (Å²) in [4.78, 5) is 31.2. The second-order valence-corrected chi connectivity index (χ2v) is 6.59. The van der Waals surface area contributed by atoms with Gasteiger partial charge in [-0.05, 0) is 32.2 Å². The second-order valence-electron chi connectivity index (χ2n) is 5.64. The maximum atomic E-state index is 12.7. The fraction of sp³-hybridized carbons (Fsp3) is 0.429. The van der Waals surface area contributed by atoms with Crippen LogP contribution in [0.2, 0.25) is 0 Å². The van der Waals surface area contributed by atoms with Crippen molar-refractivity contribution in [2.24, 2.45) is 0 Å². The minimum Gasteiger partial charge on any atom is -0.319 e. The number of carbonyl (C=O) groups excluding carboxylic acids is 2. The quantitative estimate of drug-likeness (QED) is 0.873. The van der Waals surface area contributed by atoms with Crippen LogP contribution in [-0.2, 0) is 16.9 Å². The zero-order chi connectivity index (χ0) is 15.9. The number of hydrogen-bond acceptors (Lipinski definition) is 5. The van der Waals surface area contributed by atoms with Crippen LogP contribution < -0.4 is 5.32 Å². The first-order valence-corrected chi connectivity index (χ1v) is 7.88. The zero-order valence-corrected chi connectivity index (χ0v) is 13.4. The Morgan fingerprint density at radius 3 is 2.82 bits per heavy atom. The monoisotopic (exact) mass is 319 g/mol. The summed E-state index contributed by atoms with van der Waals surface area (Å²) >= 11 is 1.45. The molecular formula is C14H17N5O2S. The van der Waals surface area contributed by atoms with Crippen molar-refractivity contribution in [3.63, 3.8) is 0 Å². The predicted molar refractivity (Wildman–Crippen MR) is 81.2 cm³/mol. The molecule has 3 rings (SSSR count). The highest BCUT2D eigenvalue weighted by Gasteiger charge is 2.49. The molecule has 0 saturated carbocycles. The topological polar surface area (TPSA) is 80.1 Å². The van der Waals surface area contributed by atoms with E-state index < -0.39 is 11.6 Å². The molecule has 1 saturated heterocycles. The SMILES string of the molecule is CC(C)n1ncnc1CN1C(=O)NC(C)(c2cccs2)C1=O. The van der Waals surface area contributed by atoms with E-state index in [1.807, 2.05) is 31.4 Å². The van der Waals surface area contributed by atoms with E-state index in [0.717, 1.165) is 4.88 Å². The number of carbonyl (C=O) groups is 2. The summed E-state index contributed by atoms with van der Waals surface area (Å²) < 4.78 is 1.71. The molecule has 116 valence electrons. The van der Waals surface area contributed by atoms with Crippen LogP contribution in [0.5, 0.6) is 0 Å². The fourth-order valence-electron chi connectivity index (χ4n) is 2.53. The molecule has 1 unspecified atom stereocenters. The lowest BCUT2D eigenvalue weighted by Gasteiger charge is -2.20. The Morgan fingerprint density at radius 2 is 2.18 bits per heavy atom. The normalized spacial score (nSPS) is 21.7. The Bertz CT molecular complexity index is 709. The van der Waals surface area contributed by atoms with Crippen molar-refractivity contribution in [1.29, 1.82) is 0 Å². The Kier molecular flexibility index (Phi) is 3.48. The molecule has 3 amide bonds. The lowest BCUT2D eigenvalue weighted by atomic mass is 10.0. The van der Waals surface area contributed by atoms with Crippen LogP contribution in [0.3, 0.4) is 0 Å². The Hall–Kier alpha value is -2.22. The standard InChI is InChI=1S/C14H17N5O2S/c1-9(2)19-11(15-8-16-19)7-18-12(20)14(3,17-13(18)21)10-5-4-6-22-10/h4-6,8-9H,7H2,1-3H3,(H,17,21). The Balaban J connectivity index is 1.88. The van der Waals surface area contributed by atoms with Crippen molar-refractivity contribution < 1.29 is 9.59 Å². The zero-order valence-electron chi connectivity index (χ0n) is 12.6. The number of urea groups is 1. The lowest BCUT2D eigenvalue weighted by Crippen LogP contribution is -2.40. The molecule has 1 aliphatic rings. The van der Waals surface area contributed by atoms with Gasteiger partial charge in [-0.3, -0.25) is 9.69 Å². The number of imide groups is 1. The number of amides is 3. The van der Waals surface area contributed by atoms with Crippen molar-refractivity contribution in [1.82, 2.24) is 25.0 Å². The van der Waals surface area contributed by atoms with Gasteiger partial charge in [0.2, 0.25) is 0 Å². The van der Waals surface area contributed by atoms with Gasteiger partial charge >= 0.3 is 6.03 Å². The molecule has 0 radical (unpaired) electrons. The molecule has 1 N–H and O–H groups in total. The highest BCUT2D eigenvalue weighted by Crippen LogP contribution is 2.32. The highest BCUT2D eigenvalue weighted by molar-refractivity contribution is 7.10. The van der Waals surface area contributed by atoms with Gasteiger partial charge in [-0.15, -0.1) is 11.3 Å². The van der Waals surface area contributed by atoms with Crippen molar-refractivity contribution in [2.45, 2.75) is 38.9 Å². The van der Waals surface area contributed by atoms with Gasteiger partial charge < -0.3 is 5.32 Å². The first-order valence-electron chi connectivity index (χ1n) is 7.00. The maximum Gasteiger partial charge on any atom is 0.325 e. The first-order chi connectivity index (χ1) is 10.4. The number of nitrogens with one attached hydrogen (secondary N) is 1. The summed E-state index contributed by atoms with van der Waals surface area (Å²) in [6.07, 6.45) is 1.44. The van der Waals surface area contributed by atoms with Gasteiger partial charge in [0.15, 0.2) is 5.54 Å². The average molecular weight is 319 g/mol. The summed E-state index contributed by atoms with van der Waals surface area (Å²) in [5.41, 5.74) is -1.01. The van der Waals surface area contributed by atoms with E-state index in [4.69, 9.17) is 0 Å². The third-order valence-electron chi connectivity index (χ3n) is 3.72. The predicted octanol–water partition coefficient (Wildman–Crippen LogP) is 1.89. The summed E-state index contributed by atoms with van der Waals surface area (Å²) in [7, 11) is 0. The van der Waals surface area contributed by atoms with Gasteiger partial charge in [-0.2, -0.15) is 5.10 Å². The number of hydrogen-bond donors (Lipinski definition) is 1. The second kappa shape index (κ2) is 5.20. The van der Waals surface area contributed by atoms with Crippen molar-refractivity contribution in [3.8, 4) is 0 Å². The Morgan fingerprint density at radius 1 is 1.41 bits per heavy atom. The van der Waals surface area contributed by atoms with Crippen molar-refractivity contribution in [2.75, 3.05) is 0 Å². The average Bonchev–Trinajstić information content (AvgIpc) is 3.17. The van der Waals surface area contributed by atoms with E-state index in [2.05, 4.69) is 15.4 Å². The molecule has 1 atom stereocenters. The molecule has 0 bridgehead atoms. The van der Waals surface area contributed by atoms with Gasteiger partial charge in [-0.25, -0.2) is 14.5 Å². The number of rotatable bonds is 4. The minimum atomic E-state index is -1.01. The molecule has 0 spiro atoms. The maximum absolute atomic E-state index is 12.7. The van der Waals surface area contributed by atoms with Gasteiger partial charge in [0, 0.05) is 10.9 Å². The number of thiophene rings is 1. The number of aromatic nitrogens is 3. The molecule has 22 heavy (non-hydrogen) atoms. The molecule has 7 nitrogen and oxygen atoms in total. The Labute approximate surface area is 132 Å². The summed E-state index contributed by atoms with van der Waals surface area (Å²) in [6, 6.07) is 3.42. The summed E-state index contributed by atoms with van der Waals surface area (Å²) in [5, 5.41) is 8.80. The van der Waals surface area contributed by atoms with E-state index in [1.54, 1.807) is 11.6 Å². The first kappa shape index (κ1) is 14.7. The van der Waals surface area contributed by atoms with E-state index >= 15 is 0 Å². The highest BCUT2D eigenvalue weighted by atomic mass is 32.1. The molecule has 2 aromatic heterocycles. The smallest absolute Gasteiger partial charge is 0.319 e. The van der Waals surface area contributed by atoms with Crippen LogP contribution >= 0.6 is 11.3 Å². The molecule has 0 aliphatic carbocycles. The lowest BCUT2D eigenvalue weighted by molar-refractivity contribution is -0.131. The van der Waals surface area contributed by atoms with Gasteiger partial charge in [0.25, 0.3) is 5.91 Å². The van der Waals surface area contributed by atoms with Crippen LogP contribution in [-0.4, -0.2) is 31.6 Å². The molecule has 1 fully saturated rings. The van der Waals surface area contributed by atoms with Crippen LogP contribution in [0.4, 0.5) is 4.79 Å². The van der Waals surface area contributed by atoms with Crippen molar-refractivity contribution in [3.05, 3.63) is 34.5 Å². The summed E-state index contributed by atoms with van der Waals surface area (Å²) in [5.74, 6) is 0.326. The van der Waals surface area contributed by atoms with Crippen LogP contribution in [0, 0.1) is 0 Å². The van der Waals surface area contributed by atoms with Crippen LogP contribution in [0.25, 0.3) is 0 Å². The van der Waals surface area contributed by atoms with Crippen LogP contribution in [0.1, 0.15) is 37.5 Å².